The number of aromatic amines is 1. The third-order valence-corrected chi connectivity index (χ3v) is 4.35. The van der Waals surface area contributed by atoms with E-state index in [1.807, 2.05) is 0 Å². The fourth-order valence-corrected chi connectivity index (χ4v) is 3.30. The van der Waals surface area contributed by atoms with E-state index in [1.165, 1.54) is 37.8 Å². The predicted octanol–water partition coefficient (Wildman–Crippen LogP) is 4.18. The molecule has 3 nitrogen and oxygen atoms in total. The van der Waals surface area contributed by atoms with Gasteiger partial charge in [0.2, 0.25) is 0 Å². The molecule has 0 radical (unpaired) electrons. The Balaban J connectivity index is 1.97. The molecule has 5 heteroatoms. The van der Waals surface area contributed by atoms with E-state index in [9.17, 15) is 4.39 Å². The van der Waals surface area contributed by atoms with Gasteiger partial charge in [-0.3, -0.25) is 5.10 Å². The smallest absolute Gasteiger partial charge is 0.153 e. The van der Waals surface area contributed by atoms with E-state index in [4.69, 9.17) is 17.3 Å². The lowest BCUT2D eigenvalue weighted by Crippen LogP contribution is -2.01. The topological polar surface area (TPSA) is 54.7 Å². The second-order valence-electron chi connectivity index (χ2n) is 5.44. The summed E-state index contributed by atoms with van der Waals surface area (Å²) in [7, 11) is 0. The molecule has 106 valence electrons. The molecule has 1 aliphatic carbocycles. The molecule has 3 rings (SSSR count). The molecule has 1 aromatic carbocycles. The summed E-state index contributed by atoms with van der Waals surface area (Å²) in [5.41, 5.74) is 8.53. The van der Waals surface area contributed by atoms with Gasteiger partial charge in [-0.15, -0.1) is 0 Å². The number of anilines is 1. The Hall–Kier alpha value is -1.55. The van der Waals surface area contributed by atoms with Crippen LogP contribution in [0.2, 0.25) is 5.02 Å². The number of halogens is 2. The number of benzene rings is 1. The number of nitrogens with zero attached hydrogens (tertiary/aromatic N) is 1. The Morgan fingerprint density at radius 1 is 1.35 bits per heavy atom. The van der Waals surface area contributed by atoms with Crippen LogP contribution in [0.3, 0.4) is 0 Å². The zero-order chi connectivity index (χ0) is 14.1. The lowest BCUT2D eigenvalue weighted by Gasteiger charge is -2.10. The summed E-state index contributed by atoms with van der Waals surface area (Å²) in [6.07, 6.45) is 6.00. The van der Waals surface area contributed by atoms with Gasteiger partial charge in [0.25, 0.3) is 0 Å². The van der Waals surface area contributed by atoms with Crippen molar-refractivity contribution in [2.45, 2.75) is 32.1 Å². The maximum Gasteiger partial charge on any atom is 0.153 e. The maximum atomic E-state index is 13.2. The van der Waals surface area contributed by atoms with Crippen LogP contribution in [0.15, 0.2) is 18.2 Å². The van der Waals surface area contributed by atoms with Gasteiger partial charge in [-0.05, 0) is 30.5 Å². The number of aromatic nitrogens is 2. The molecule has 1 fully saturated rings. The first-order valence-corrected chi connectivity index (χ1v) is 7.31. The summed E-state index contributed by atoms with van der Waals surface area (Å²) in [5, 5.41) is 7.48. The Morgan fingerprint density at radius 3 is 2.80 bits per heavy atom. The first kappa shape index (κ1) is 13.4. The van der Waals surface area contributed by atoms with E-state index in [1.54, 1.807) is 6.07 Å². The van der Waals surface area contributed by atoms with Gasteiger partial charge in [-0.25, -0.2) is 4.39 Å². The highest BCUT2D eigenvalue weighted by Crippen LogP contribution is 2.37. The number of nitrogens with two attached hydrogens (primary N) is 1. The lowest BCUT2D eigenvalue weighted by molar-refractivity contribution is 0.539. The molecule has 1 aliphatic rings. The quantitative estimate of drug-likeness (QED) is 0.892. The van der Waals surface area contributed by atoms with E-state index in [0.29, 0.717) is 16.8 Å². The summed E-state index contributed by atoms with van der Waals surface area (Å²) in [5.74, 6) is 0.748. The van der Waals surface area contributed by atoms with E-state index >= 15 is 0 Å². The SMILES string of the molecule is Nc1n[nH]c(CC2CCCC2)c1-c1ccc(F)cc1Cl. The molecule has 0 unspecified atom stereocenters. The Labute approximate surface area is 122 Å². The number of hydrogen-bond acceptors (Lipinski definition) is 2. The average molecular weight is 294 g/mol. The molecule has 0 bridgehead atoms. The third kappa shape index (κ3) is 2.52. The van der Waals surface area contributed by atoms with E-state index in [2.05, 4.69) is 10.2 Å². The highest BCUT2D eigenvalue weighted by molar-refractivity contribution is 6.33. The van der Waals surface area contributed by atoms with Crippen molar-refractivity contribution in [1.82, 2.24) is 10.2 Å². The van der Waals surface area contributed by atoms with Gasteiger partial charge in [0.15, 0.2) is 5.82 Å². The Kier molecular flexibility index (Phi) is 3.66. The molecule has 1 saturated carbocycles. The summed E-state index contributed by atoms with van der Waals surface area (Å²) < 4.78 is 13.2. The fraction of sp³-hybridized carbons (Fsp3) is 0.400. The normalized spacial score (nSPS) is 15.9. The molecule has 1 heterocycles. The molecule has 0 saturated heterocycles. The van der Waals surface area contributed by atoms with Crippen molar-refractivity contribution in [3.63, 3.8) is 0 Å². The van der Waals surface area contributed by atoms with Crippen molar-refractivity contribution >= 4 is 17.4 Å². The fourth-order valence-electron chi connectivity index (χ4n) is 3.04. The van der Waals surface area contributed by atoms with Crippen LogP contribution in [0.25, 0.3) is 11.1 Å². The summed E-state index contributed by atoms with van der Waals surface area (Å²) in [4.78, 5) is 0. The van der Waals surface area contributed by atoms with Crippen LogP contribution >= 0.6 is 11.6 Å². The molecule has 0 aliphatic heterocycles. The first-order valence-electron chi connectivity index (χ1n) is 6.93. The van der Waals surface area contributed by atoms with Crippen molar-refractivity contribution in [2.24, 2.45) is 5.92 Å². The van der Waals surface area contributed by atoms with Crippen molar-refractivity contribution in [2.75, 3.05) is 5.73 Å². The van der Waals surface area contributed by atoms with Gasteiger partial charge < -0.3 is 5.73 Å². The van der Waals surface area contributed by atoms with E-state index in [-0.39, 0.29) is 5.82 Å². The van der Waals surface area contributed by atoms with Crippen LogP contribution in [0.5, 0.6) is 0 Å². The maximum absolute atomic E-state index is 13.2. The number of rotatable bonds is 3. The van der Waals surface area contributed by atoms with Gasteiger partial charge in [-0.2, -0.15) is 5.10 Å². The minimum absolute atomic E-state index is 0.349. The van der Waals surface area contributed by atoms with Gasteiger partial charge in [0, 0.05) is 16.8 Å². The van der Waals surface area contributed by atoms with E-state index < -0.39 is 0 Å². The van der Waals surface area contributed by atoms with E-state index in [0.717, 1.165) is 23.2 Å². The van der Waals surface area contributed by atoms with Crippen molar-refractivity contribution in [3.8, 4) is 11.1 Å². The third-order valence-electron chi connectivity index (χ3n) is 4.04. The summed E-state index contributed by atoms with van der Waals surface area (Å²) >= 11 is 6.14. The number of nitrogen functional groups attached to an aromatic ring is 1. The predicted molar refractivity (Wildman–Crippen MR) is 79.1 cm³/mol. The van der Waals surface area contributed by atoms with Crippen molar-refractivity contribution in [3.05, 3.63) is 34.7 Å². The number of H-pyrrole nitrogens is 1. The largest absolute Gasteiger partial charge is 0.382 e. The van der Waals surface area contributed by atoms with Crippen LogP contribution in [-0.4, -0.2) is 10.2 Å². The highest BCUT2D eigenvalue weighted by Gasteiger charge is 2.21. The molecule has 20 heavy (non-hydrogen) atoms. The van der Waals surface area contributed by atoms with Crippen LogP contribution in [-0.2, 0) is 6.42 Å². The number of nitrogens with one attached hydrogen (secondary N) is 1. The van der Waals surface area contributed by atoms with Crippen LogP contribution < -0.4 is 5.73 Å². The Morgan fingerprint density at radius 2 is 2.10 bits per heavy atom. The zero-order valence-corrected chi connectivity index (χ0v) is 11.9. The summed E-state index contributed by atoms with van der Waals surface area (Å²) in [6.45, 7) is 0. The average Bonchev–Trinajstić information content (AvgIpc) is 3.02. The monoisotopic (exact) mass is 293 g/mol. The lowest BCUT2D eigenvalue weighted by atomic mass is 9.96. The molecule has 2 aromatic rings. The van der Waals surface area contributed by atoms with Crippen molar-refractivity contribution in [1.29, 1.82) is 0 Å². The zero-order valence-electron chi connectivity index (χ0n) is 11.1. The van der Waals surface area contributed by atoms with Crippen molar-refractivity contribution < 1.29 is 4.39 Å². The van der Waals surface area contributed by atoms with Gasteiger partial charge in [0.1, 0.15) is 5.82 Å². The molecule has 0 atom stereocenters. The molecular formula is C15H17ClFN3. The molecule has 3 N–H and O–H groups in total. The second-order valence-corrected chi connectivity index (χ2v) is 5.85. The molecule has 0 amide bonds. The first-order chi connectivity index (χ1) is 9.65. The standard InChI is InChI=1S/C15H17ClFN3/c16-12-8-10(17)5-6-11(12)14-13(19-20-15(14)18)7-9-3-1-2-4-9/h5-6,8-9H,1-4,7H2,(H3,18,19,20). The van der Waals surface area contributed by atoms with Gasteiger partial charge in [0.05, 0.1) is 5.02 Å². The van der Waals surface area contributed by atoms with Crippen LogP contribution in [0.4, 0.5) is 10.2 Å². The number of hydrogen-bond donors (Lipinski definition) is 2. The van der Waals surface area contributed by atoms with Crippen LogP contribution in [0.1, 0.15) is 31.4 Å². The van der Waals surface area contributed by atoms with Gasteiger partial charge in [-0.1, -0.05) is 37.3 Å². The summed E-state index contributed by atoms with van der Waals surface area (Å²) in [6, 6.07) is 4.37. The van der Waals surface area contributed by atoms with Crippen LogP contribution in [0, 0.1) is 11.7 Å². The molecule has 0 spiro atoms. The molecular weight excluding hydrogens is 277 g/mol. The van der Waals surface area contributed by atoms with Gasteiger partial charge >= 0.3 is 0 Å². The Bertz CT molecular complexity index is 618. The minimum atomic E-state index is -0.349. The minimum Gasteiger partial charge on any atom is -0.382 e. The second kappa shape index (κ2) is 5.44. The highest BCUT2D eigenvalue weighted by atomic mass is 35.5. The molecule has 1 aromatic heterocycles.